The van der Waals surface area contributed by atoms with Crippen LogP contribution in [0.1, 0.15) is 23.9 Å². The van der Waals surface area contributed by atoms with Crippen LogP contribution in [-0.2, 0) is 24.2 Å². The quantitative estimate of drug-likeness (QED) is 0.709. The van der Waals surface area contributed by atoms with Crippen LogP contribution < -0.4 is 5.32 Å². The monoisotopic (exact) mass is 377 g/mol. The Morgan fingerprint density at radius 1 is 1.21 bits per heavy atom. The van der Waals surface area contributed by atoms with Crippen LogP contribution in [0.15, 0.2) is 53.2 Å². The molecule has 2 aromatic heterocycles. The lowest BCUT2D eigenvalue weighted by atomic mass is 9.99. The molecule has 7 nitrogen and oxygen atoms in total. The highest BCUT2D eigenvalue weighted by Gasteiger charge is 2.25. The van der Waals surface area contributed by atoms with Gasteiger partial charge in [0.25, 0.3) is 0 Å². The lowest BCUT2D eigenvalue weighted by Gasteiger charge is -2.32. The first-order chi connectivity index (χ1) is 13.7. The zero-order valence-corrected chi connectivity index (χ0v) is 15.8. The zero-order chi connectivity index (χ0) is 19.3. The highest BCUT2D eigenvalue weighted by atomic mass is 16.5. The minimum absolute atomic E-state index is 0.0174. The predicted octanol–water partition coefficient (Wildman–Crippen LogP) is 2.24. The molecule has 1 aliphatic rings. The predicted molar refractivity (Wildman–Crippen MR) is 104 cm³/mol. The molecule has 0 bridgehead atoms. The molecule has 3 aromatic rings. The van der Waals surface area contributed by atoms with Crippen molar-refractivity contribution in [1.82, 2.24) is 25.3 Å². The van der Waals surface area contributed by atoms with Gasteiger partial charge in [-0.05, 0) is 36.6 Å². The summed E-state index contributed by atoms with van der Waals surface area (Å²) in [5.41, 5.74) is 3.35. The molecule has 144 valence electrons. The van der Waals surface area contributed by atoms with Crippen molar-refractivity contribution >= 4 is 5.91 Å². The zero-order valence-electron chi connectivity index (χ0n) is 15.8. The molecule has 0 saturated carbocycles. The van der Waals surface area contributed by atoms with Crippen molar-refractivity contribution in [3.63, 3.8) is 0 Å². The fraction of sp³-hybridized carbons (Fsp3) is 0.333. The third kappa shape index (κ3) is 4.09. The second kappa shape index (κ2) is 8.31. The van der Waals surface area contributed by atoms with E-state index in [-0.39, 0.29) is 11.9 Å². The number of hydrogen-bond acceptors (Lipinski definition) is 6. The summed E-state index contributed by atoms with van der Waals surface area (Å²) in [7, 11) is 0. The molecule has 0 fully saturated rings. The van der Waals surface area contributed by atoms with E-state index >= 15 is 0 Å². The van der Waals surface area contributed by atoms with Crippen LogP contribution in [-0.4, -0.2) is 45.1 Å². The Kier molecular flexibility index (Phi) is 5.43. The van der Waals surface area contributed by atoms with Gasteiger partial charge < -0.3 is 9.84 Å². The Labute approximate surface area is 163 Å². The number of carbonyl (C=O) groups excluding carboxylic acids is 1. The fourth-order valence-electron chi connectivity index (χ4n) is 3.41. The minimum atomic E-state index is -0.180. The van der Waals surface area contributed by atoms with E-state index in [4.69, 9.17) is 4.52 Å². The number of nitrogens with zero attached hydrogens (tertiary/aromatic N) is 4. The molecule has 0 unspecified atom stereocenters. The van der Waals surface area contributed by atoms with Crippen LogP contribution in [0.25, 0.3) is 11.5 Å². The highest BCUT2D eigenvalue weighted by Crippen LogP contribution is 2.20. The molecule has 1 atom stereocenters. The van der Waals surface area contributed by atoms with E-state index in [1.165, 1.54) is 11.1 Å². The summed E-state index contributed by atoms with van der Waals surface area (Å²) >= 11 is 0. The van der Waals surface area contributed by atoms with Crippen LogP contribution in [0.5, 0.6) is 0 Å². The molecule has 28 heavy (non-hydrogen) atoms. The summed E-state index contributed by atoms with van der Waals surface area (Å²) in [4.78, 5) is 23.3. The van der Waals surface area contributed by atoms with E-state index in [1.54, 1.807) is 6.20 Å². The molecule has 1 N–H and O–H groups in total. The smallest absolute Gasteiger partial charge is 0.237 e. The van der Waals surface area contributed by atoms with Gasteiger partial charge in [-0.25, -0.2) is 0 Å². The van der Waals surface area contributed by atoms with Crippen molar-refractivity contribution in [3.8, 4) is 11.5 Å². The van der Waals surface area contributed by atoms with Gasteiger partial charge in [-0.3, -0.25) is 14.7 Å². The van der Waals surface area contributed by atoms with E-state index in [9.17, 15) is 4.79 Å². The lowest BCUT2D eigenvalue weighted by molar-refractivity contribution is -0.126. The highest BCUT2D eigenvalue weighted by molar-refractivity contribution is 5.81. The molecule has 0 radical (unpaired) electrons. The van der Waals surface area contributed by atoms with Gasteiger partial charge >= 0.3 is 0 Å². The number of pyridine rings is 1. The number of nitrogens with one attached hydrogen (secondary N) is 1. The summed E-state index contributed by atoms with van der Waals surface area (Å²) in [6.07, 6.45) is 3.15. The van der Waals surface area contributed by atoms with Crippen molar-refractivity contribution in [2.75, 3.05) is 13.1 Å². The van der Waals surface area contributed by atoms with Crippen molar-refractivity contribution in [2.45, 2.75) is 32.4 Å². The standard InChI is InChI=1S/C21H23N5O2/c1-15(26-13-10-16-6-2-3-7-17(16)14-26)21(27)23-12-9-19-24-20(25-28-19)18-8-4-5-11-22-18/h2-8,11,15H,9-10,12-14H2,1H3,(H,23,27)/t15-/m0/s1. The molecular weight excluding hydrogens is 354 g/mol. The molecule has 4 rings (SSSR count). The third-order valence-corrected chi connectivity index (χ3v) is 5.09. The van der Waals surface area contributed by atoms with Crippen molar-refractivity contribution in [1.29, 1.82) is 0 Å². The van der Waals surface area contributed by atoms with Gasteiger partial charge in [0.2, 0.25) is 17.6 Å². The van der Waals surface area contributed by atoms with Crippen LogP contribution >= 0.6 is 0 Å². The van der Waals surface area contributed by atoms with E-state index in [2.05, 4.69) is 49.6 Å². The maximum absolute atomic E-state index is 12.5. The second-order valence-corrected chi connectivity index (χ2v) is 6.93. The Morgan fingerprint density at radius 2 is 2.04 bits per heavy atom. The van der Waals surface area contributed by atoms with E-state index in [1.807, 2.05) is 25.1 Å². The summed E-state index contributed by atoms with van der Waals surface area (Å²) in [6, 6.07) is 13.8. The number of carbonyl (C=O) groups is 1. The van der Waals surface area contributed by atoms with Crippen molar-refractivity contribution in [3.05, 3.63) is 65.7 Å². The van der Waals surface area contributed by atoms with Gasteiger partial charge in [-0.2, -0.15) is 4.98 Å². The van der Waals surface area contributed by atoms with Gasteiger partial charge in [-0.15, -0.1) is 0 Å². The summed E-state index contributed by atoms with van der Waals surface area (Å²) in [6.45, 7) is 4.11. The van der Waals surface area contributed by atoms with Crippen LogP contribution in [0.4, 0.5) is 0 Å². The van der Waals surface area contributed by atoms with Crippen LogP contribution in [0.2, 0.25) is 0 Å². The topological polar surface area (TPSA) is 84.2 Å². The van der Waals surface area contributed by atoms with Crippen LogP contribution in [0, 0.1) is 0 Å². The summed E-state index contributed by atoms with van der Waals surface area (Å²) < 4.78 is 5.25. The van der Waals surface area contributed by atoms with Gasteiger partial charge in [0.1, 0.15) is 5.69 Å². The molecule has 0 spiro atoms. The largest absolute Gasteiger partial charge is 0.354 e. The molecule has 0 saturated heterocycles. The number of fused-ring (bicyclic) bond motifs is 1. The molecule has 1 aliphatic heterocycles. The molecule has 7 heteroatoms. The molecule has 3 heterocycles. The SMILES string of the molecule is C[C@@H](C(=O)NCCc1nc(-c2ccccn2)no1)N1CCc2ccccc2C1. The number of amides is 1. The Bertz CT molecular complexity index is 941. The molecular formula is C21H23N5O2. The number of hydrogen-bond donors (Lipinski definition) is 1. The normalized spacial score (nSPS) is 15.0. The average Bonchev–Trinajstić information content (AvgIpc) is 3.22. The number of benzene rings is 1. The van der Waals surface area contributed by atoms with Crippen molar-refractivity contribution < 1.29 is 9.32 Å². The summed E-state index contributed by atoms with van der Waals surface area (Å²) in [5, 5.41) is 6.92. The Balaban J connectivity index is 1.27. The fourth-order valence-corrected chi connectivity index (χ4v) is 3.41. The second-order valence-electron chi connectivity index (χ2n) is 6.93. The van der Waals surface area contributed by atoms with Crippen LogP contribution in [0.3, 0.4) is 0 Å². The first-order valence-corrected chi connectivity index (χ1v) is 9.53. The molecule has 1 aromatic carbocycles. The first-order valence-electron chi connectivity index (χ1n) is 9.53. The lowest BCUT2D eigenvalue weighted by Crippen LogP contribution is -2.47. The maximum atomic E-state index is 12.5. The average molecular weight is 377 g/mol. The van der Waals surface area contributed by atoms with Gasteiger partial charge in [0, 0.05) is 32.3 Å². The number of rotatable bonds is 6. The first kappa shape index (κ1) is 18.3. The molecule has 1 amide bonds. The third-order valence-electron chi connectivity index (χ3n) is 5.09. The summed E-state index contributed by atoms with van der Waals surface area (Å²) in [5.74, 6) is 0.964. The molecule has 0 aliphatic carbocycles. The van der Waals surface area contributed by atoms with E-state index in [0.717, 1.165) is 19.5 Å². The van der Waals surface area contributed by atoms with Gasteiger partial charge in [0.05, 0.1) is 6.04 Å². The van der Waals surface area contributed by atoms with E-state index < -0.39 is 0 Å². The Hall–Kier alpha value is -3.06. The maximum Gasteiger partial charge on any atom is 0.237 e. The van der Waals surface area contributed by atoms with E-state index in [0.29, 0.717) is 30.4 Å². The van der Waals surface area contributed by atoms with Crippen molar-refractivity contribution in [2.24, 2.45) is 0 Å². The van der Waals surface area contributed by atoms with Gasteiger partial charge in [0.15, 0.2) is 0 Å². The Morgan fingerprint density at radius 3 is 2.86 bits per heavy atom. The number of aromatic nitrogens is 3. The van der Waals surface area contributed by atoms with Gasteiger partial charge in [-0.1, -0.05) is 35.5 Å². The minimum Gasteiger partial charge on any atom is -0.354 e.